The first-order valence-electron chi connectivity index (χ1n) is 2.97. The van der Waals surface area contributed by atoms with Gasteiger partial charge in [0.25, 0.3) is 0 Å². The summed E-state index contributed by atoms with van der Waals surface area (Å²) < 4.78 is 0. The molecule has 0 saturated carbocycles. The van der Waals surface area contributed by atoms with Crippen LogP contribution in [0.3, 0.4) is 0 Å². The molecule has 0 bridgehead atoms. The standard InChI is InChI=1S/C7H6N2O2.K/c10-7(11)9-8-6-4-2-1-3-5-6;/h1-5H,(H,10,11);/q;+1/p-1. The number of amides is 1. The Morgan fingerprint density at radius 2 is 1.83 bits per heavy atom. The molecule has 0 heterocycles. The van der Waals surface area contributed by atoms with Crippen molar-refractivity contribution in [1.82, 2.24) is 0 Å². The van der Waals surface area contributed by atoms with E-state index >= 15 is 0 Å². The smallest absolute Gasteiger partial charge is 0.527 e. The molecule has 4 nitrogen and oxygen atoms in total. The quantitative estimate of drug-likeness (QED) is 0.382. The number of carboxylic acid groups (broad SMARTS) is 1. The third kappa shape index (κ3) is 4.73. The van der Waals surface area contributed by atoms with Crippen molar-refractivity contribution in [2.75, 3.05) is 0 Å². The molecule has 0 atom stereocenters. The summed E-state index contributed by atoms with van der Waals surface area (Å²) in [6.07, 6.45) is -1.53. The van der Waals surface area contributed by atoms with Crippen molar-refractivity contribution in [3.05, 3.63) is 30.3 Å². The van der Waals surface area contributed by atoms with E-state index < -0.39 is 6.09 Å². The average molecular weight is 188 g/mol. The van der Waals surface area contributed by atoms with E-state index in [0.717, 1.165) is 0 Å². The minimum Gasteiger partial charge on any atom is -0.527 e. The predicted octanol–water partition coefficient (Wildman–Crippen LogP) is -1.88. The monoisotopic (exact) mass is 188 g/mol. The summed E-state index contributed by atoms with van der Waals surface area (Å²) in [4.78, 5) is 9.80. The van der Waals surface area contributed by atoms with Gasteiger partial charge in [-0.05, 0) is 12.1 Å². The zero-order chi connectivity index (χ0) is 8.10. The van der Waals surface area contributed by atoms with Crippen LogP contribution in [-0.4, -0.2) is 6.09 Å². The Morgan fingerprint density at radius 3 is 2.33 bits per heavy atom. The molecule has 0 spiro atoms. The zero-order valence-electron chi connectivity index (χ0n) is 6.60. The third-order valence-corrected chi connectivity index (χ3v) is 1.00. The van der Waals surface area contributed by atoms with Crippen molar-refractivity contribution in [2.45, 2.75) is 0 Å². The van der Waals surface area contributed by atoms with Crippen LogP contribution in [0, 0.1) is 0 Å². The van der Waals surface area contributed by atoms with Crippen LogP contribution >= 0.6 is 0 Å². The molecule has 0 N–H and O–H groups in total. The van der Waals surface area contributed by atoms with E-state index in [9.17, 15) is 9.90 Å². The Labute approximate surface area is 112 Å². The van der Waals surface area contributed by atoms with Gasteiger partial charge in [0, 0.05) is 0 Å². The number of azo groups is 1. The van der Waals surface area contributed by atoms with E-state index in [1.165, 1.54) is 0 Å². The van der Waals surface area contributed by atoms with E-state index in [2.05, 4.69) is 10.2 Å². The Hall–Kier alpha value is -0.0736. The molecule has 1 aromatic carbocycles. The van der Waals surface area contributed by atoms with Crippen LogP contribution in [0.4, 0.5) is 10.5 Å². The normalized spacial score (nSPS) is 9.33. The van der Waals surface area contributed by atoms with Crippen LogP contribution in [0.2, 0.25) is 0 Å². The fraction of sp³-hybridized carbons (Fsp3) is 0. The summed E-state index contributed by atoms with van der Waals surface area (Å²) in [5, 5.41) is 16.0. The molecular weight excluding hydrogens is 183 g/mol. The number of nitrogens with zero attached hydrogens (tertiary/aromatic N) is 2. The minimum atomic E-state index is -1.53. The molecule has 0 unspecified atom stereocenters. The first kappa shape index (κ1) is 11.9. The van der Waals surface area contributed by atoms with Gasteiger partial charge in [-0.2, -0.15) is 0 Å². The summed E-state index contributed by atoms with van der Waals surface area (Å²) in [7, 11) is 0. The van der Waals surface area contributed by atoms with E-state index in [-0.39, 0.29) is 51.4 Å². The number of benzene rings is 1. The van der Waals surface area contributed by atoms with E-state index in [0.29, 0.717) is 5.69 Å². The van der Waals surface area contributed by atoms with Crippen molar-refractivity contribution in [3.63, 3.8) is 0 Å². The topological polar surface area (TPSA) is 64.8 Å². The molecular formula is C7H5KN2O2. The summed E-state index contributed by atoms with van der Waals surface area (Å²) in [6.45, 7) is 0. The largest absolute Gasteiger partial charge is 1.00 e. The van der Waals surface area contributed by atoms with Gasteiger partial charge in [-0.3, -0.25) is 0 Å². The predicted molar refractivity (Wildman–Crippen MR) is 36.4 cm³/mol. The van der Waals surface area contributed by atoms with Crippen molar-refractivity contribution in [3.8, 4) is 0 Å². The Morgan fingerprint density at radius 1 is 1.25 bits per heavy atom. The fourth-order valence-corrected chi connectivity index (χ4v) is 0.593. The summed E-state index contributed by atoms with van der Waals surface area (Å²) in [5.74, 6) is 0. The second-order valence-corrected chi connectivity index (χ2v) is 1.80. The van der Waals surface area contributed by atoms with Crippen molar-refractivity contribution < 1.29 is 61.3 Å². The Kier molecular flexibility index (Phi) is 6.40. The zero-order valence-corrected chi connectivity index (χ0v) is 9.72. The van der Waals surface area contributed by atoms with Gasteiger partial charge >= 0.3 is 51.4 Å². The average Bonchev–Trinajstić information content (AvgIpc) is 2.03. The van der Waals surface area contributed by atoms with Gasteiger partial charge in [0.15, 0.2) is 6.09 Å². The first-order chi connectivity index (χ1) is 5.29. The van der Waals surface area contributed by atoms with Gasteiger partial charge in [-0.15, -0.1) is 10.2 Å². The Balaban J connectivity index is 0.00000121. The molecule has 0 aromatic heterocycles. The minimum absolute atomic E-state index is 0. The van der Waals surface area contributed by atoms with Crippen LogP contribution < -0.4 is 56.5 Å². The molecule has 5 heteroatoms. The van der Waals surface area contributed by atoms with Crippen LogP contribution in [0.5, 0.6) is 0 Å². The summed E-state index contributed by atoms with van der Waals surface area (Å²) >= 11 is 0. The number of hydrogen-bond donors (Lipinski definition) is 0. The molecule has 0 fully saturated rings. The fourth-order valence-electron chi connectivity index (χ4n) is 0.593. The van der Waals surface area contributed by atoms with Gasteiger partial charge in [0.1, 0.15) is 0 Å². The SMILES string of the molecule is O=C([O-])N=Nc1ccccc1.[K+]. The van der Waals surface area contributed by atoms with Gasteiger partial charge in [-0.1, -0.05) is 18.2 Å². The van der Waals surface area contributed by atoms with Gasteiger partial charge in [-0.25, -0.2) is 0 Å². The maximum absolute atomic E-state index is 9.80. The molecule has 1 aromatic rings. The number of hydrogen-bond acceptors (Lipinski definition) is 3. The molecule has 0 saturated heterocycles. The van der Waals surface area contributed by atoms with Crippen LogP contribution in [0.25, 0.3) is 0 Å². The maximum atomic E-state index is 9.80. The molecule has 0 aliphatic heterocycles. The third-order valence-electron chi connectivity index (χ3n) is 1.00. The van der Waals surface area contributed by atoms with Gasteiger partial charge in [0.05, 0.1) is 5.69 Å². The maximum Gasteiger partial charge on any atom is 1.00 e. The van der Waals surface area contributed by atoms with Crippen LogP contribution in [0.15, 0.2) is 40.6 Å². The Bertz CT molecular complexity index is 274. The molecule has 12 heavy (non-hydrogen) atoms. The molecule has 0 aliphatic carbocycles. The van der Waals surface area contributed by atoms with Gasteiger partial charge in [0.2, 0.25) is 0 Å². The van der Waals surface area contributed by atoms with Crippen molar-refractivity contribution in [1.29, 1.82) is 0 Å². The number of carbonyl (C=O) groups excluding carboxylic acids is 1. The molecule has 1 rings (SSSR count). The summed E-state index contributed by atoms with van der Waals surface area (Å²) in [5.41, 5.74) is 0.497. The van der Waals surface area contributed by atoms with Crippen LogP contribution in [0.1, 0.15) is 0 Å². The molecule has 0 aliphatic rings. The van der Waals surface area contributed by atoms with Crippen molar-refractivity contribution >= 4 is 11.8 Å². The number of carbonyl (C=O) groups is 1. The van der Waals surface area contributed by atoms with E-state index in [1.54, 1.807) is 30.3 Å². The van der Waals surface area contributed by atoms with Gasteiger partial charge < -0.3 is 9.90 Å². The summed E-state index contributed by atoms with van der Waals surface area (Å²) in [6, 6.07) is 8.57. The molecule has 1 amide bonds. The van der Waals surface area contributed by atoms with E-state index in [1.807, 2.05) is 0 Å². The second-order valence-electron chi connectivity index (χ2n) is 1.80. The molecule has 0 radical (unpaired) electrons. The molecule has 56 valence electrons. The van der Waals surface area contributed by atoms with E-state index in [4.69, 9.17) is 0 Å². The second kappa shape index (κ2) is 6.44. The first-order valence-corrected chi connectivity index (χ1v) is 2.97. The van der Waals surface area contributed by atoms with Crippen molar-refractivity contribution in [2.24, 2.45) is 10.2 Å². The van der Waals surface area contributed by atoms with Crippen LogP contribution in [-0.2, 0) is 0 Å². The number of rotatable bonds is 1.